The molecular formula is C29H27ClN4O5. The number of allylic oxidation sites excluding steroid dienone is 1. The number of carbonyl (C=O) groups is 1. The quantitative estimate of drug-likeness (QED) is 0.285. The molecule has 0 bridgehead atoms. The molecule has 200 valence electrons. The van der Waals surface area contributed by atoms with Gasteiger partial charge in [-0.2, -0.15) is 5.10 Å². The van der Waals surface area contributed by atoms with Gasteiger partial charge in [0, 0.05) is 33.6 Å². The molecule has 2 N–H and O–H groups in total. The lowest BCUT2D eigenvalue weighted by molar-refractivity contribution is 0.102. The highest BCUT2D eigenvalue weighted by Crippen LogP contribution is 2.43. The number of ether oxygens (including phenoxy) is 4. The third-order valence-corrected chi connectivity index (χ3v) is 6.67. The van der Waals surface area contributed by atoms with Gasteiger partial charge in [-0.05, 0) is 48.5 Å². The zero-order chi connectivity index (χ0) is 27.5. The van der Waals surface area contributed by atoms with Crippen molar-refractivity contribution in [1.82, 2.24) is 9.78 Å². The highest BCUT2D eigenvalue weighted by molar-refractivity contribution is 6.30. The van der Waals surface area contributed by atoms with Gasteiger partial charge < -0.3 is 29.6 Å². The Morgan fingerprint density at radius 1 is 0.923 bits per heavy atom. The second kappa shape index (κ2) is 11.0. The zero-order valence-electron chi connectivity index (χ0n) is 21.8. The van der Waals surface area contributed by atoms with Crippen molar-refractivity contribution in [3.8, 4) is 23.0 Å². The van der Waals surface area contributed by atoms with E-state index < -0.39 is 6.04 Å². The molecule has 0 saturated carbocycles. The van der Waals surface area contributed by atoms with Gasteiger partial charge in [0.05, 0.1) is 34.6 Å². The lowest BCUT2D eigenvalue weighted by Crippen LogP contribution is -2.22. The minimum atomic E-state index is -0.450. The van der Waals surface area contributed by atoms with Crippen LogP contribution < -0.4 is 29.6 Å². The number of anilines is 2. The van der Waals surface area contributed by atoms with Crippen molar-refractivity contribution in [3.05, 3.63) is 94.6 Å². The Hall–Kier alpha value is -4.63. The molecule has 0 saturated heterocycles. The minimum Gasteiger partial charge on any atom is -0.497 e. The summed E-state index contributed by atoms with van der Waals surface area (Å²) < 4.78 is 24.0. The van der Waals surface area contributed by atoms with Crippen LogP contribution in [-0.2, 0) is 0 Å². The van der Waals surface area contributed by atoms with Gasteiger partial charge in [0.1, 0.15) is 28.9 Å². The number of nitrogens with zero attached hydrogens (tertiary/aromatic N) is 2. The molecule has 2 heterocycles. The maximum absolute atomic E-state index is 13.4. The Morgan fingerprint density at radius 2 is 1.64 bits per heavy atom. The molecule has 1 amide bonds. The lowest BCUT2D eigenvalue weighted by Gasteiger charge is -2.28. The number of carbonyl (C=O) groups excluding carboxylic acids is 1. The molecule has 1 atom stereocenters. The first kappa shape index (κ1) is 26.0. The number of amides is 1. The summed E-state index contributed by atoms with van der Waals surface area (Å²) in [6.07, 6.45) is 3.55. The van der Waals surface area contributed by atoms with Crippen molar-refractivity contribution in [2.75, 3.05) is 39.1 Å². The number of aromatic nitrogens is 2. The van der Waals surface area contributed by atoms with Crippen LogP contribution in [0, 0.1) is 0 Å². The molecule has 0 radical (unpaired) electrons. The average molecular weight is 547 g/mol. The van der Waals surface area contributed by atoms with E-state index >= 15 is 0 Å². The normalized spacial score (nSPS) is 14.0. The smallest absolute Gasteiger partial charge is 0.261 e. The van der Waals surface area contributed by atoms with E-state index in [1.807, 2.05) is 36.4 Å². The van der Waals surface area contributed by atoms with Crippen LogP contribution in [0.5, 0.6) is 23.0 Å². The molecule has 0 spiro atoms. The predicted molar refractivity (Wildman–Crippen MR) is 150 cm³/mol. The first-order chi connectivity index (χ1) is 18.9. The van der Waals surface area contributed by atoms with Crippen molar-refractivity contribution < 1.29 is 23.7 Å². The fourth-order valence-corrected chi connectivity index (χ4v) is 4.58. The van der Waals surface area contributed by atoms with Crippen LogP contribution >= 0.6 is 11.6 Å². The molecule has 0 aliphatic carbocycles. The Bertz CT molecular complexity index is 1550. The lowest BCUT2D eigenvalue weighted by atomic mass is 9.99. The van der Waals surface area contributed by atoms with Gasteiger partial charge in [0.25, 0.3) is 5.91 Å². The van der Waals surface area contributed by atoms with E-state index in [0.29, 0.717) is 45.1 Å². The van der Waals surface area contributed by atoms with E-state index in [4.69, 9.17) is 30.5 Å². The summed E-state index contributed by atoms with van der Waals surface area (Å²) in [5.41, 5.74) is 3.38. The molecule has 0 fully saturated rings. The maximum atomic E-state index is 13.4. The number of hydrogen-bond donors (Lipinski definition) is 2. The summed E-state index contributed by atoms with van der Waals surface area (Å²) in [5.74, 6) is 2.55. The van der Waals surface area contributed by atoms with Gasteiger partial charge in [-0.1, -0.05) is 23.7 Å². The summed E-state index contributed by atoms with van der Waals surface area (Å²) in [6.45, 7) is 0. The number of hydrogen-bond acceptors (Lipinski definition) is 7. The molecule has 39 heavy (non-hydrogen) atoms. The fourth-order valence-electron chi connectivity index (χ4n) is 4.46. The summed E-state index contributed by atoms with van der Waals surface area (Å²) in [4.78, 5) is 13.4. The molecular weight excluding hydrogens is 520 g/mol. The van der Waals surface area contributed by atoms with E-state index in [2.05, 4.69) is 15.7 Å². The average Bonchev–Trinajstić information content (AvgIpc) is 3.41. The number of fused-ring (bicyclic) bond motifs is 1. The molecule has 5 rings (SSSR count). The van der Waals surface area contributed by atoms with Crippen LogP contribution in [-0.4, -0.2) is 44.1 Å². The third-order valence-electron chi connectivity index (χ3n) is 6.42. The topological polar surface area (TPSA) is 95.9 Å². The molecule has 9 nitrogen and oxygen atoms in total. The minimum absolute atomic E-state index is 0.323. The molecule has 1 aliphatic rings. The monoisotopic (exact) mass is 546 g/mol. The van der Waals surface area contributed by atoms with Crippen molar-refractivity contribution in [2.45, 2.75) is 6.04 Å². The Labute approximate surface area is 230 Å². The SMILES string of the molecule is COc1cccc(C2=C[C@@H](c3cc(OC)c(OC)cc3OC)n3ncc(C(=O)Nc4ccc(Cl)cc4)c3N2)c1. The Morgan fingerprint density at radius 3 is 2.33 bits per heavy atom. The van der Waals surface area contributed by atoms with Crippen molar-refractivity contribution in [2.24, 2.45) is 0 Å². The van der Waals surface area contributed by atoms with Crippen molar-refractivity contribution >= 4 is 34.7 Å². The van der Waals surface area contributed by atoms with E-state index in [0.717, 1.165) is 16.8 Å². The van der Waals surface area contributed by atoms with E-state index in [1.165, 1.54) is 6.20 Å². The molecule has 1 aliphatic heterocycles. The molecule has 3 aromatic carbocycles. The second-order valence-corrected chi connectivity index (χ2v) is 9.08. The van der Waals surface area contributed by atoms with Crippen molar-refractivity contribution in [1.29, 1.82) is 0 Å². The summed E-state index contributed by atoms with van der Waals surface area (Å²) >= 11 is 6.00. The summed E-state index contributed by atoms with van der Waals surface area (Å²) in [7, 11) is 6.35. The highest BCUT2D eigenvalue weighted by atomic mass is 35.5. The Kier molecular flexibility index (Phi) is 7.33. The maximum Gasteiger partial charge on any atom is 0.261 e. The number of benzene rings is 3. The van der Waals surface area contributed by atoms with Crippen LogP contribution in [0.4, 0.5) is 11.5 Å². The second-order valence-electron chi connectivity index (χ2n) is 8.64. The van der Waals surface area contributed by atoms with Gasteiger partial charge in [0.2, 0.25) is 0 Å². The Balaban J connectivity index is 1.63. The summed E-state index contributed by atoms with van der Waals surface area (Å²) in [5, 5.41) is 11.5. The molecule has 0 unspecified atom stereocenters. The summed E-state index contributed by atoms with van der Waals surface area (Å²) in [6, 6.07) is 17.7. The first-order valence-electron chi connectivity index (χ1n) is 12.0. The van der Waals surface area contributed by atoms with Crippen LogP contribution in [0.2, 0.25) is 5.02 Å². The largest absolute Gasteiger partial charge is 0.497 e. The van der Waals surface area contributed by atoms with Gasteiger partial charge in [-0.15, -0.1) is 0 Å². The highest BCUT2D eigenvalue weighted by Gasteiger charge is 2.30. The van der Waals surface area contributed by atoms with Crippen LogP contribution in [0.3, 0.4) is 0 Å². The van der Waals surface area contributed by atoms with Crippen LogP contribution in [0.15, 0.2) is 72.9 Å². The standard InChI is InChI=1S/C29H27ClN4O5/c1-36-20-7-5-6-17(12-20)23-14-24(21-13-26(38-3)27(39-4)15-25(21)37-2)34-28(33-23)22(16-31-34)29(35)32-19-10-8-18(30)9-11-19/h5-16,24,33H,1-4H3,(H,32,35)/t24-/m0/s1. The third kappa shape index (κ3) is 5.08. The van der Waals surface area contributed by atoms with Gasteiger partial charge in [-0.3, -0.25) is 4.79 Å². The fraction of sp³-hybridized carbons (Fsp3) is 0.172. The molecule has 1 aromatic heterocycles. The van der Waals surface area contributed by atoms with Gasteiger partial charge in [0.15, 0.2) is 11.5 Å². The first-order valence-corrected chi connectivity index (χ1v) is 12.4. The van der Waals surface area contributed by atoms with E-state index in [9.17, 15) is 4.79 Å². The van der Waals surface area contributed by atoms with E-state index in [1.54, 1.807) is 63.5 Å². The molecule has 10 heteroatoms. The number of nitrogens with one attached hydrogen (secondary N) is 2. The molecule has 4 aromatic rings. The van der Waals surface area contributed by atoms with Crippen LogP contribution in [0.25, 0.3) is 5.70 Å². The zero-order valence-corrected chi connectivity index (χ0v) is 22.6. The number of rotatable bonds is 8. The van der Waals surface area contributed by atoms with E-state index in [-0.39, 0.29) is 5.91 Å². The number of halogens is 1. The van der Waals surface area contributed by atoms with Gasteiger partial charge >= 0.3 is 0 Å². The predicted octanol–water partition coefficient (Wildman–Crippen LogP) is 5.88. The van der Waals surface area contributed by atoms with Crippen molar-refractivity contribution in [3.63, 3.8) is 0 Å². The number of methoxy groups -OCH3 is 4. The van der Waals surface area contributed by atoms with Gasteiger partial charge in [-0.25, -0.2) is 4.68 Å². The van der Waals surface area contributed by atoms with Crippen LogP contribution in [0.1, 0.15) is 27.5 Å².